The Hall–Kier alpha value is -4.51. The van der Waals surface area contributed by atoms with Crippen LogP contribution in [0.25, 0.3) is 22.3 Å². The number of carbonyl (C=O) groups excluding carboxylic acids is 1. The second-order valence-electron chi connectivity index (χ2n) is 9.49. The molecule has 37 heavy (non-hydrogen) atoms. The van der Waals surface area contributed by atoms with E-state index in [4.69, 9.17) is 19.4 Å². The molecule has 1 atom stereocenters. The van der Waals surface area contributed by atoms with Crippen LogP contribution in [0.5, 0.6) is 11.5 Å². The highest BCUT2D eigenvalue weighted by molar-refractivity contribution is 5.88. The number of ether oxygens (including phenoxy) is 2. The number of hydrogen-bond acceptors (Lipinski definition) is 5. The Morgan fingerprint density at radius 3 is 1.92 bits per heavy atom. The third-order valence-electron chi connectivity index (χ3n) is 7.29. The topological polar surface area (TPSA) is 61.3 Å². The van der Waals surface area contributed by atoms with Crippen molar-refractivity contribution in [2.24, 2.45) is 0 Å². The fourth-order valence-electron chi connectivity index (χ4n) is 5.44. The van der Waals surface area contributed by atoms with Crippen molar-refractivity contribution in [3.8, 4) is 22.8 Å². The van der Waals surface area contributed by atoms with Crippen LogP contribution in [0.1, 0.15) is 40.4 Å². The van der Waals surface area contributed by atoms with Gasteiger partial charge in [-0.25, -0.2) is 9.97 Å². The molecule has 0 saturated heterocycles. The molecule has 1 aliphatic carbocycles. The average molecular weight is 487 g/mol. The zero-order chi connectivity index (χ0) is 25.7. The second-order valence-corrected chi connectivity index (χ2v) is 9.49. The molecule has 0 aliphatic heterocycles. The van der Waals surface area contributed by atoms with Gasteiger partial charge in [0.05, 0.1) is 34.9 Å². The second kappa shape index (κ2) is 8.56. The quantitative estimate of drug-likeness (QED) is 0.209. The summed E-state index contributed by atoms with van der Waals surface area (Å²) >= 11 is 0. The van der Waals surface area contributed by atoms with Crippen LogP contribution in [0, 0.1) is 13.8 Å². The van der Waals surface area contributed by atoms with Crippen LogP contribution in [-0.2, 0) is 10.2 Å². The van der Waals surface area contributed by atoms with E-state index >= 15 is 0 Å². The molecule has 5 nitrogen and oxygen atoms in total. The Kier molecular flexibility index (Phi) is 5.30. The average Bonchev–Trinajstić information content (AvgIpc) is 3.18. The minimum absolute atomic E-state index is 0.350. The van der Waals surface area contributed by atoms with E-state index in [0.29, 0.717) is 5.75 Å². The first-order valence-corrected chi connectivity index (χ1v) is 12.2. The highest BCUT2D eigenvalue weighted by Crippen LogP contribution is 2.55. The molecule has 0 spiro atoms. The molecular formula is C32H26N2O3. The lowest BCUT2D eigenvalue weighted by molar-refractivity contribution is -0.131. The standard InChI is InChI=1S/C32H26N2O3/c1-19-17-28-29(18-20(19)2)34-31-30(33-28)26-7-5-6-8-27(26)32(31,22-9-13-24(36-4)14-10-22)23-11-15-25(16-12-23)37-21(3)35/h5-18H,1-4H3. The molecule has 5 heteroatoms. The molecule has 1 aromatic heterocycles. The van der Waals surface area contributed by atoms with Gasteiger partial charge in [-0.2, -0.15) is 0 Å². The molecule has 4 aromatic carbocycles. The smallest absolute Gasteiger partial charge is 0.308 e. The summed E-state index contributed by atoms with van der Waals surface area (Å²) in [6.07, 6.45) is 0. The molecule has 182 valence electrons. The van der Waals surface area contributed by atoms with Crippen LogP contribution in [0.15, 0.2) is 84.9 Å². The monoisotopic (exact) mass is 486 g/mol. The minimum Gasteiger partial charge on any atom is -0.497 e. The first-order valence-electron chi connectivity index (χ1n) is 12.2. The van der Waals surface area contributed by atoms with Crippen LogP contribution in [0.3, 0.4) is 0 Å². The predicted molar refractivity (Wildman–Crippen MR) is 144 cm³/mol. The molecule has 6 rings (SSSR count). The zero-order valence-corrected chi connectivity index (χ0v) is 21.2. The molecule has 0 amide bonds. The largest absolute Gasteiger partial charge is 0.497 e. The number of benzene rings is 4. The van der Waals surface area contributed by atoms with Gasteiger partial charge in [0.2, 0.25) is 0 Å². The van der Waals surface area contributed by atoms with Crippen molar-refractivity contribution in [3.63, 3.8) is 0 Å². The molecule has 0 saturated carbocycles. The van der Waals surface area contributed by atoms with E-state index in [2.05, 4.69) is 56.3 Å². The lowest BCUT2D eigenvalue weighted by atomic mass is 9.69. The van der Waals surface area contributed by atoms with Crippen molar-refractivity contribution in [3.05, 3.63) is 118 Å². The fourth-order valence-corrected chi connectivity index (χ4v) is 5.44. The first-order chi connectivity index (χ1) is 17.9. The number of nitrogens with zero attached hydrogens (tertiary/aromatic N) is 2. The molecule has 0 fully saturated rings. The number of hydrogen-bond donors (Lipinski definition) is 0. The third kappa shape index (κ3) is 3.50. The van der Waals surface area contributed by atoms with Crippen molar-refractivity contribution in [2.45, 2.75) is 26.2 Å². The van der Waals surface area contributed by atoms with Crippen molar-refractivity contribution < 1.29 is 14.3 Å². The number of rotatable bonds is 4. The van der Waals surface area contributed by atoms with Crippen LogP contribution in [0.4, 0.5) is 0 Å². The Labute approximate surface area is 215 Å². The number of esters is 1. The summed E-state index contributed by atoms with van der Waals surface area (Å²) in [6.45, 7) is 5.60. The third-order valence-corrected chi connectivity index (χ3v) is 7.29. The Bertz CT molecular complexity index is 1670. The summed E-state index contributed by atoms with van der Waals surface area (Å²) in [5.74, 6) is 0.937. The highest BCUT2D eigenvalue weighted by atomic mass is 16.5. The van der Waals surface area contributed by atoms with Gasteiger partial charge in [0, 0.05) is 12.5 Å². The Morgan fingerprint density at radius 1 is 0.757 bits per heavy atom. The lowest BCUT2D eigenvalue weighted by Gasteiger charge is -2.32. The zero-order valence-electron chi connectivity index (χ0n) is 21.2. The van der Waals surface area contributed by atoms with Crippen LogP contribution >= 0.6 is 0 Å². The van der Waals surface area contributed by atoms with Crippen molar-refractivity contribution in [1.82, 2.24) is 9.97 Å². The normalized spacial score (nSPS) is 15.8. The molecule has 0 N–H and O–H groups in total. The van der Waals surface area contributed by atoms with Gasteiger partial charge in [0.1, 0.15) is 11.5 Å². The van der Waals surface area contributed by atoms with Crippen molar-refractivity contribution in [2.75, 3.05) is 7.11 Å². The maximum absolute atomic E-state index is 11.6. The predicted octanol–water partition coefficient (Wildman–Crippen LogP) is 6.54. The van der Waals surface area contributed by atoms with Gasteiger partial charge in [-0.3, -0.25) is 4.79 Å². The highest BCUT2D eigenvalue weighted by Gasteiger charge is 2.48. The summed E-state index contributed by atoms with van der Waals surface area (Å²) in [5, 5.41) is 0. The number of aromatic nitrogens is 2. The van der Waals surface area contributed by atoms with E-state index in [1.165, 1.54) is 18.1 Å². The SMILES string of the molecule is COc1ccc(C2(c3ccc(OC(C)=O)cc3)c3ccccc3-c3nc4cc(C)c(C)cc4nc32)cc1. The summed E-state index contributed by atoms with van der Waals surface area (Å²) < 4.78 is 10.8. The van der Waals surface area contributed by atoms with E-state index in [0.717, 1.165) is 50.4 Å². The molecule has 1 unspecified atom stereocenters. The number of methoxy groups -OCH3 is 1. The lowest BCUT2D eigenvalue weighted by Crippen LogP contribution is -2.29. The maximum atomic E-state index is 11.6. The molecule has 0 radical (unpaired) electrons. The van der Waals surface area contributed by atoms with Crippen molar-refractivity contribution >= 4 is 17.0 Å². The van der Waals surface area contributed by atoms with E-state index in [1.807, 2.05) is 42.5 Å². The van der Waals surface area contributed by atoms with E-state index < -0.39 is 5.41 Å². The van der Waals surface area contributed by atoms with Gasteiger partial charge in [-0.05, 0) is 78.1 Å². The van der Waals surface area contributed by atoms with E-state index in [9.17, 15) is 4.79 Å². The number of carbonyl (C=O) groups is 1. The first kappa shape index (κ1) is 22.9. The summed E-state index contributed by atoms with van der Waals surface area (Å²) in [4.78, 5) is 22.0. The van der Waals surface area contributed by atoms with Crippen LogP contribution in [-0.4, -0.2) is 23.0 Å². The van der Waals surface area contributed by atoms with Gasteiger partial charge in [-0.15, -0.1) is 0 Å². The van der Waals surface area contributed by atoms with Gasteiger partial charge >= 0.3 is 5.97 Å². The van der Waals surface area contributed by atoms with E-state index in [-0.39, 0.29) is 5.97 Å². The van der Waals surface area contributed by atoms with Gasteiger partial charge in [0.25, 0.3) is 0 Å². The van der Waals surface area contributed by atoms with Gasteiger partial charge < -0.3 is 9.47 Å². The fraction of sp³-hybridized carbons (Fsp3) is 0.156. The van der Waals surface area contributed by atoms with Crippen molar-refractivity contribution in [1.29, 1.82) is 0 Å². The summed E-state index contributed by atoms with van der Waals surface area (Å²) in [7, 11) is 1.67. The Morgan fingerprint density at radius 2 is 1.32 bits per heavy atom. The summed E-state index contributed by atoms with van der Waals surface area (Å²) in [5.41, 5.74) is 9.40. The number of fused-ring (bicyclic) bond motifs is 4. The van der Waals surface area contributed by atoms with Gasteiger partial charge in [-0.1, -0.05) is 48.5 Å². The van der Waals surface area contributed by atoms with Crippen LogP contribution in [0.2, 0.25) is 0 Å². The molecule has 0 bridgehead atoms. The summed E-state index contributed by atoms with van der Waals surface area (Å²) in [6, 6.07) is 28.5. The molecule has 1 heterocycles. The molecule has 1 aliphatic rings. The molecular weight excluding hydrogens is 460 g/mol. The van der Waals surface area contributed by atoms with Crippen LogP contribution < -0.4 is 9.47 Å². The Balaban J connectivity index is 1.71. The minimum atomic E-state index is -0.715. The van der Waals surface area contributed by atoms with Gasteiger partial charge in [0.15, 0.2) is 0 Å². The van der Waals surface area contributed by atoms with E-state index in [1.54, 1.807) is 7.11 Å². The maximum Gasteiger partial charge on any atom is 0.308 e. The molecule has 5 aromatic rings. The number of aryl methyl sites for hydroxylation is 2.